The molecule has 0 radical (unpaired) electrons. The maximum Gasteiger partial charge on any atom is 0.240 e. The van der Waals surface area contributed by atoms with Crippen LogP contribution in [0.25, 0.3) is 10.8 Å². The van der Waals surface area contributed by atoms with E-state index in [1.807, 2.05) is 24.3 Å². The van der Waals surface area contributed by atoms with Gasteiger partial charge in [-0.05, 0) is 54.3 Å². The zero-order valence-corrected chi connectivity index (χ0v) is 14.6. The Morgan fingerprint density at radius 1 is 1.21 bits per heavy atom. The molecule has 5 nitrogen and oxygen atoms in total. The van der Waals surface area contributed by atoms with Gasteiger partial charge in [-0.1, -0.05) is 19.1 Å². The van der Waals surface area contributed by atoms with Gasteiger partial charge in [-0.15, -0.1) is 0 Å². The third-order valence-electron chi connectivity index (χ3n) is 4.09. The minimum absolute atomic E-state index is 0.0153. The molecule has 0 spiro atoms. The molecule has 0 aliphatic carbocycles. The molecule has 24 heavy (non-hydrogen) atoms. The summed E-state index contributed by atoms with van der Waals surface area (Å²) in [7, 11) is -3.52. The van der Waals surface area contributed by atoms with E-state index in [2.05, 4.69) is 11.6 Å². The van der Waals surface area contributed by atoms with Crippen LogP contribution in [0, 0.1) is 0 Å². The van der Waals surface area contributed by atoms with Crippen molar-refractivity contribution in [3.63, 3.8) is 0 Å². The minimum atomic E-state index is -3.52. The average Bonchev–Trinajstić information content (AvgIpc) is 3.11. The summed E-state index contributed by atoms with van der Waals surface area (Å²) in [6.45, 7) is 3.77. The molecule has 0 amide bonds. The van der Waals surface area contributed by atoms with Gasteiger partial charge in [0.2, 0.25) is 10.0 Å². The van der Waals surface area contributed by atoms with Crippen molar-refractivity contribution in [1.29, 1.82) is 0 Å². The fraction of sp³-hybridized carbons (Fsp3) is 0.444. The molecular weight excluding hydrogens is 326 g/mol. The fourth-order valence-corrected chi connectivity index (χ4v) is 3.87. The van der Waals surface area contributed by atoms with Crippen molar-refractivity contribution in [2.24, 2.45) is 0 Å². The van der Waals surface area contributed by atoms with E-state index in [-0.39, 0.29) is 11.0 Å². The second kappa shape index (κ2) is 7.51. The maximum absolute atomic E-state index is 12.4. The first kappa shape index (κ1) is 17.2. The second-order valence-electron chi connectivity index (χ2n) is 6.01. The number of hydrogen-bond acceptors (Lipinski definition) is 4. The van der Waals surface area contributed by atoms with E-state index in [1.165, 1.54) is 0 Å². The molecule has 1 atom stereocenters. The molecule has 1 aliphatic heterocycles. The Bertz CT molecular complexity index is 798. The average molecular weight is 349 g/mol. The lowest BCUT2D eigenvalue weighted by molar-refractivity contribution is 0.114. The van der Waals surface area contributed by atoms with Gasteiger partial charge < -0.3 is 9.47 Å². The summed E-state index contributed by atoms with van der Waals surface area (Å²) in [5, 5.41) is 1.83. The predicted octanol–water partition coefficient (Wildman–Crippen LogP) is 3.09. The van der Waals surface area contributed by atoms with Gasteiger partial charge in [0, 0.05) is 13.2 Å². The first-order valence-corrected chi connectivity index (χ1v) is 9.85. The van der Waals surface area contributed by atoms with Gasteiger partial charge in [0.25, 0.3) is 0 Å². The van der Waals surface area contributed by atoms with Crippen molar-refractivity contribution >= 4 is 20.8 Å². The van der Waals surface area contributed by atoms with Crippen LogP contribution in [0.5, 0.6) is 5.75 Å². The topological polar surface area (TPSA) is 64.6 Å². The zero-order valence-electron chi connectivity index (χ0n) is 13.8. The number of sulfonamides is 1. The van der Waals surface area contributed by atoms with Crippen LogP contribution in [0.15, 0.2) is 41.3 Å². The summed E-state index contributed by atoms with van der Waals surface area (Å²) < 4.78 is 38.6. The molecule has 2 aromatic rings. The Morgan fingerprint density at radius 2 is 2.00 bits per heavy atom. The predicted molar refractivity (Wildman–Crippen MR) is 93.9 cm³/mol. The lowest BCUT2D eigenvalue weighted by atomic mass is 10.1. The molecule has 1 unspecified atom stereocenters. The maximum atomic E-state index is 12.4. The minimum Gasteiger partial charge on any atom is -0.494 e. The summed E-state index contributed by atoms with van der Waals surface area (Å²) in [5.74, 6) is 0.802. The summed E-state index contributed by atoms with van der Waals surface area (Å²) >= 11 is 0. The monoisotopic (exact) mass is 349 g/mol. The van der Waals surface area contributed by atoms with Crippen LogP contribution in [-0.4, -0.2) is 34.3 Å². The van der Waals surface area contributed by atoms with Gasteiger partial charge in [-0.3, -0.25) is 0 Å². The molecule has 1 heterocycles. The molecule has 6 heteroatoms. The van der Waals surface area contributed by atoms with E-state index in [0.717, 1.165) is 35.8 Å². The van der Waals surface area contributed by atoms with Crippen LogP contribution < -0.4 is 9.46 Å². The van der Waals surface area contributed by atoms with Crippen molar-refractivity contribution in [1.82, 2.24) is 4.72 Å². The summed E-state index contributed by atoms with van der Waals surface area (Å²) in [6.07, 6.45) is 2.83. The molecule has 0 saturated carbocycles. The third kappa shape index (κ3) is 4.06. The van der Waals surface area contributed by atoms with Crippen molar-refractivity contribution in [2.45, 2.75) is 37.2 Å². The van der Waals surface area contributed by atoms with Crippen molar-refractivity contribution in [3.8, 4) is 5.75 Å². The van der Waals surface area contributed by atoms with Gasteiger partial charge in [-0.2, -0.15) is 0 Å². The largest absolute Gasteiger partial charge is 0.494 e. The summed E-state index contributed by atoms with van der Waals surface area (Å²) in [5.41, 5.74) is 0. The van der Waals surface area contributed by atoms with E-state index < -0.39 is 10.0 Å². The zero-order chi connectivity index (χ0) is 17.0. The van der Waals surface area contributed by atoms with Crippen molar-refractivity contribution in [2.75, 3.05) is 19.8 Å². The van der Waals surface area contributed by atoms with Gasteiger partial charge in [-0.25, -0.2) is 13.1 Å². The van der Waals surface area contributed by atoms with Crippen molar-refractivity contribution < 1.29 is 17.9 Å². The fourth-order valence-electron chi connectivity index (χ4n) is 2.77. The Kier molecular flexibility index (Phi) is 5.38. The number of benzene rings is 2. The number of ether oxygens (including phenoxy) is 2. The number of hydrogen-bond donors (Lipinski definition) is 1. The Labute approximate surface area is 143 Å². The Morgan fingerprint density at radius 3 is 2.75 bits per heavy atom. The van der Waals surface area contributed by atoms with Crippen LogP contribution in [-0.2, 0) is 14.8 Å². The first-order chi connectivity index (χ1) is 11.6. The molecule has 1 aliphatic rings. The molecule has 1 saturated heterocycles. The van der Waals surface area contributed by atoms with E-state index in [9.17, 15) is 8.42 Å². The Balaban J connectivity index is 1.76. The normalized spacial score (nSPS) is 18.1. The highest BCUT2D eigenvalue weighted by atomic mass is 32.2. The van der Waals surface area contributed by atoms with Crippen LogP contribution in [0.1, 0.15) is 26.2 Å². The molecule has 1 N–H and O–H groups in total. The SMILES string of the molecule is CCCOc1ccc2cc(S(=O)(=O)NCC3CCCO3)ccc2c1. The van der Waals surface area contributed by atoms with E-state index >= 15 is 0 Å². The summed E-state index contributed by atoms with van der Waals surface area (Å²) in [4.78, 5) is 0.273. The van der Waals surface area contributed by atoms with Crippen LogP contribution in [0.2, 0.25) is 0 Å². The van der Waals surface area contributed by atoms with Gasteiger partial charge >= 0.3 is 0 Å². The molecule has 0 bridgehead atoms. The van der Waals surface area contributed by atoms with Crippen LogP contribution in [0.3, 0.4) is 0 Å². The lowest BCUT2D eigenvalue weighted by Gasteiger charge is -2.12. The quantitative estimate of drug-likeness (QED) is 0.834. The van der Waals surface area contributed by atoms with Crippen molar-refractivity contribution in [3.05, 3.63) is 36.4 Å². The van der Waals surface area contributed by atoms with Gasteiger partial charge in [0.05, 0.1) is 17.6 Å². The second-order valence-corrected chi connectivity index (χ2v) is 7.77. The first-order valence-electron chi connectivity index (χ1n) is 8.36. The van der Waals surface area contributed by atoms with E-state index in [0.29, 0.717) is 19.8 Å². The molecular formula is C18H23NO4S. The highest BCUT2D eigenvalue weighted by molar-refractivity contribution is 7.89. The smallest absolute Gasteiger partial charge is 0.240 e. The molecule has 2 aromatic carbocycles. The standard InChI is InChI=1S/C18H23NO4S/c1-2-9-22-16-7-5-15-12-18(8-6-14(15)11-16)24(20,21)19-13-17-4-3-10-23-17/h5-8,11-12,17,19H,2-4,9-10,13H2,1H3. The Hall–Kier alpha value is -1.63. The number of rotatable bonds is 7. The van der Waals surface area contributed by atoms with Gasteiger partial charge in [0.1, 0.15) is 5.75 Å². The molecule has 130 valence electrons. The molecule has 1 fully saturated rings. The lowest BCUT2D eigenvalue weighted by Crippen LogP contribution is -2.31. The third-order valence-corrected chi connectivity index (χ3v) is 5.51. The van der Waals surface area contributed by atoms with E-state index in [4.69, 9.17) is 9.47 Å². The molecule has 0 aromatic heterocycles. The summed E-state index contributed by atoms with van der Waals surface area (Å²) in [6, 6.07) is 10.8. The van der Waals surface area contributed by atoms with E-state index in [1.54, 1.807) is 12.1 Å². The molecule has 3 rings (SSSR count). The van der Waals surface area contributed by atoms with Crippen LogP contribution in [0.4, 0.5) is 0 Å². The number of fused-ring (bicyclic) bond motifs is 1. The highest BCUT2D eigenvalue weighted by Crippen LogP contribution is 2.24. The highest BCUT2D eigenvalue weighted by Gasteiger charge is 2.20. The van der Waals surface area contributed by atoms with Gasteiger partial charge in [0.15, 0.2) is 0 Å². The number of nitrogens with one attached hydrogen (secondary N) is 1. The van der Waals surface area contributed by atoms with Crippen LogP contribution >= 0.6 is 0 Å².